The molecule has 4 amide bonds. The Morgan fingerprint density at radius 3 is 2.10 bits per heavy atom. The highest BCUT2D eigenvalue weighted by Crippen LogP contribution is 2.32. The molecule has 0 atom stereocenters. The van der Waals surface area contributed by atoms with Crippen LogP contribution < -0.4 is 10.6 Å². The summed E-state index contributed by atoms with van der Waals surface area (Å²) in [6.07, 6.45) is 1.52. The maximum absolute atomic E-state index is 12.9. The summed E-state index contributed by atoms with van der Waals surface area (Å²) < 4.78 is 5.09. The van der Waals surface area contributed by atoms with Crippen LogP contribution in [0.15, 0.2) is 65.6 Å². The summed E-state index contributed by atoms with van der Waals surface area (Å²) in [6, 6.07) is 17.3. The van der Waals surface area contributed by atoms with Gasteiger partial charge in [-0.3, -0.25) is 24.1 Å². The first kappa shape index (κ1) is 29.3. The van der Waals surface area contributed by atoms with Crippen molar-refractivity contribution in [3.63, 3.8) is 0 Å². The Morgan fingerprint density at radius 2 is 1.46 bits per heavy atom. The van der Waals surface area contributed by atoms with Gasteiger partial charge in [0.15, 0.2) is 6.61 Å². The molecular formula is C31H29N3O6S. The molecule has 0 aromatic heterocycles. The molecule has 210 valence electrons. The number of anilines is 2. The van der Waals surface area contributed by atoms with Crippen LogP contribution in [0.2, 0.25) is 0 Å². The number of aryl methyl sites for hydroxylation is 4. The van der Waals surface area contributed by atoms with Gasteiger partial charge in [0.05, 0.1) is 10.5 Å². The van der Waals surface area contributed by atoms with Crippen molar-refractivity contribution in [2.24, 2.45) is 0 Å². The number of thioether (sulfide) groups is 1. The Morgan fingerprint density at radius 1 is 0.829 bits per heavy atom. The molecule has 1 heterocycles. The fourth-order valence-electron chi connectivity index (χ4n) is 4.25. The highest BCUT2D eigenvalue weighted by atomic mass is 32.2. The van der Waals surface area contributed by atoms with Crippen LogP contribution >= 0.6 is 11.8 Å². The molecule has 0 spiro atoms. The maximum Gasteiger partial charge on any atom is 0.338 e. The molecular weight excluding hydrogens is 542 g/mol. The van der Waals surface area contributed by atoms with Crippen molar-refractivity contribution in [3.8, 4) is 0 Å². The van der Waals surface area contributed by atoms with E-state index in [0.717, 1.165) is 38.9 Å². The second-order valence-electron chi connectivity index (χ2n) is 9.70. The molecule has 2 N–H and O–H groups in total. The summed E-state index contributed by atoms with van der Waals surface area (Å²) in [5, 5.41) is 4.91. The molecule has 9 nitrogen and oxygen atoms in total. The van der Waals surface area contributed by atoms with Crippen molar-refractivity contribution < 1.29 is 28.7 Å². The number of rotatable bonds is 8. The Labute approximate surface area is 241 Å². The second-order valence-corrected chi connectivity index (χ2v) is 10.7. The number of nitrogens with one attached hydrogen (secondary N) is 2. The van der Waals surface area contributed by atoms with Gasteiger partial charge < -0.3 is 15.4 Å². The zero-order valence-corrected chi connectivity index (χ0v) is 23.9. The molecule has 1 saturated heterocycles. The number of hydrogen-bond acceptors (Lipinski definition) is 7. The molecule has 0 bridgehead atoms. The zero-order valence-electron chi connectivity index (χ0n) is 23.1. The van der Waals surface area contributed by atoms with Crippen molar-refractivity contribution in [2.75, 3.05) is 23.8 Å². The first-order valence-electron chi connectivity index (χ1n) is 12.8. The lowest BCUT2D eigenvalue weighted by Gasteiger charge is -2.15. The van der Waals surface area contributed by atoms with Gasteiger partial charge in [-0.15, -0.1) is 0 Å². The number of imide groups is 1. The smallest absolute Gasteiger partial charge is 0.338 e. The van der Waals surface area contributed by atoms with Gasteiger partial charge in [-0.25, -0.2) is 4.79 Å². The molecule has 1 fully saturated rings. The second kappa shape index (κ2) is 12.6. The molecule has 0 radical (unpaired) electrons. The third kappa shape index (κ3) is 7.49. The van der Waals surface area contributed by atoms with E-state index < -0.39 is 42.1 Å². The number of ether oxygens (including phenoxy) is 1. The Hall–Kier alpha value is -4.70. The average molecular weight is 572 g/mol. The number of esters is 1. The topological polar surface area (TPSA) is 122 Å². The van der Waals surface area contributed by atoms with Gasteiger partial charge in [0.2, 0.25) is 5.91 Å². The summed E-state index contributed by atoms with van der Waals surface area (Å²) >= 11 is 0.739. The first-order chi connectivity index (χ1) is 19.5. The van der Waals surface area contributed by atoms with Crippen LogP contribution in [-0.2, 0) is 19.1 Å². The van der Waals surface area contributed by atoms with Gasteiger partial charge >= 0.3 is 5.97 Å². The van der Waals surface area contributed by atoms with E-state index in [1.807, 2.05) is 52.0 Å². The number of benzene rings is 3. The summed E-state index contributed by atoms with van der Waals surface area (Å²) in [6.45, 7) is 6.81. The number of amides is 4. The standard InChI is InChI=1S/C31H29N3O6S/c1-18-5-11-24(12-6-18)32-27(36)17-40-30(38)23-9-7-22(8-10-23)15-25-29(37)34(31(39)41-25)16-26(35)33-28-20(3)13-19(2)14-21(28)4/h5-15H,16-17H2,1-4H3,(H,32,36)(H,33,35)/b25-15-. The summed E-state index contributed by atoms with van der Waals surface area (Å²) in [5.74, 6) is -2.19. The van der Waals surface area contributed by atoms with Crippen molar-refractivity contribution in [1.29, 1.82) is 0 Å². The zero-order chi connectivity index (χ0) is 29.7. The SMILES string of the molecule is Cc1ccc(NC(=O)COC(=O)c2ccc(/C=C3\SC(=O)N(CC(=O)Nc4c(C)cc(C)cc4C)C3=O)cc2)cc1. The van der Waals surface area contributed by atoms with Crippen LogP contribution in [0.4, 0.5) is 16.2 Å². The van der Waals surface area contributed by atoms with E-state index in [1.165, 1.54) is 18.2 Å². The Kier molecular flexibility index (Phi) is 9.04. The van der Waals surface area contributed by atoms with Gasteiger partial charge in [0.1, 0.15) is 6.54 Å². The van der Waals surface area contributed by atoms with E-state index in [4.69, 9.17) is 4.74 Å². The van der Waals surface area contributed by atoms with Gasteiger partial charge in [-0.05, 0) is 86.5 Å². The molecule has 0 unspecified atom stereocenters. The van der Waals surface area contributed by atoms with Crippen LogP contribution in [0.5, 0.6) is 0 Å². The number of nitrogens with zero attached hydrogens (tertiary/aromatic N) is 1. The lowest BCUT2D eigenvalue weighted by atomic mass is 10.1. The van der Waals surface area contributed by atoms with E-state index in [2.05, 4.69) is 10.6 Å². The quantitative estimate of drug-likeness (QED) is 0.275. The molecule has 1 aliphatic heterocycles. The van der Waals surface area contributed by atoms with E-state index in [0.29, 0.717) is 16.9 Å². The molecule has 41 heavy (non-hydrogen) atoms. The number of hydrogen-bond donors (Lipinski definition) is 2. The van der Waals surface area contributed by atoms with E-state index in [9.17, 15) is 24.0 Å². The van der Waals surface area contributed by atoms with Crippen molar-refractivity contribution in [2.45, 2.75) is 27.7 Å². The van der Waals surface area contributed by atoms with Gasteiger partial charge in [-0.2, -0.15) is 0 Å². The lowest BCUT2D eigenvalue weighted by molar-refractivity contribution is -0.127. The minimum absolute atomic E-state index is 0.161. The highest BCUT2D eigenvalue weighted by Gasteiger charge is 2.36. The largest absolute Gasteiger partial charge is 0.452 e. The van der Waals surface area contributed by atoms with E-state index in [-0.39, 0.29) is 10.5 Å². The third-order valence-corrected chi connectivity index (χ3v) is 7.14. The van der Waals surface area contributed by atoms with Crippen molar-refractivity contribution in [1.82, 2.24) is 4.90 Å². The summed E-state index contributed by atoms with van der Waals surface area (Å²) in [7, 11) is 0. The molecule has 10 heteroatoms. The molecule has 0 aliphatic carbocycles. The van der Waals surface area contributed by atoms with Crippen molar-refractivity contribution >= 4 is 58.1 Å². The highest BCUT2D eigenvalue weighted by molar-refractivity contribution is 8.18. The van der Waals surface area contributed by atoms with Crippen LogP contribution in [0.25, 0.3) is 6.08 Å². The molecule has 0 saturated carbocycles. The van der Waals surface area contributed by atoms with Crippen molar-refractivity contribution in [3.05, 3.63) is 98.9 Å². The third-order valence-electron chi connectivity index (χ3n) is 6.23. The minimum Gasteiger partial charge on any atom is -0.452 e. The summed E-state index contributed by atoms with van der Waals surface area (Å²) in [4.78, 5) is 63.6. The predicted molar refractivity (Wildman–Crippen MR) is 158 cm³/mol. The molecule has 3 aromatic rings. The predicted octanol–water partition coefficient (Wildman–Crippen LogP) is 5.39. The Bertz CT molecular complexity index is 1540. The molecule has 1 aliphatic rings. The average Bonchev–Trinajstić information content (AvgIpc) is 3.18. The monoisotopic (exact) mass is 571 g/mol. The Balaban J connectivity index is 1.32. The van der Waals surface area contributed by atoms with Crippen LogP contribution in [0.3, 0.4) is 0 Å². The van der Waals surface area contributed by atoms with Crippen LogP contribution in [0, 0.1) is 27.7 Å². The summed E-state index contributed by atoms with van der Waals surface area (Å²) in [5.41, 5.74) is 5.96. The molecule has 4 rings (SSSR count). The first-order valence-corrected chi connectivity index (χ1v) is 13.6. The minimum atomic E-state index is -0.680. The fraction of sp³-hybridized carbons (Fsp3) is 0.194. The normalized spacial score (nSPS) is 13.9. The van der Waals surface area contributed by atoms with Gasteiger partial charge in [0, 0.05) is 11.4 Å². The van der Waals surface area contributed by atoms with E-state index >= 15 is 0 Å². The molecule has 3 aromatic carbocycles. The fourth-order valence-corrected chi connectivity index (χ4v) is 5.09. The lowest BCUT2D eigenvalue weighted by Crippen LogP contribution is -2.36. The van der Waals surface area contributed by atoms with Crippen LogP contribution in [-0.4, -0.2) is 47.0 Å². The van der Waals surface area contributed by atoms with Crippen LogP contribution in [0.1, 0.15) is 38.2 Å². The van der Waals surface area contributed by atoms with Gasteiger partial charge in [-0.1, -0.05) is 47.5 Å². The van der Waals surface area contributed by atoms with Gasteiger partial charge in [0.25, 0.3) is 17.1 Å². The maximum atomic E-state index is 12.9. The number of carbonyl (C=O) groups is 5. The van der Waals surface area contributed by atoms with E-state index in [1.54, 1.807) is 24.3 Å². The number of carbonyl (C=O) groups excluding carboxylic acids is 5.